The SMILES string of the molecule is Cl.N[C@H]1C[C@@H]1c1cccnc1. The molecule has 0 spiro atoms. The van der Waals surface area contributed by atoms with Crippen LogP contribution in [0.3, 0.4) is 0 Å². The molecule has 11 heavy (non-hydrogen) atoms. The van der Waals surface area contributed by atoms with E-state index in [1.165, 1.54) is 5.56 Å². The molecule has 2 N–H and O–H groups in total. The fourth-order valence-electron chi connectivity index (χ4n) is 1.19. The largest absolute Gasteiger partial charge is 0.327 e. The summed E-state index contributed by atoms with van der Waals surface area (Å²) >= 11 is 0. The lowest BCUT2D eigenvalue weighted by atomic mass is 10.2. The van der Waals surface area contributed by atoms with Crippen LogP contribution in [0, 0.1) is 0 Å². The van der Waals surface area contributed by atoms with Crippen molar-refractivity contribution in [3.8, 4) is 0 Å². The molecule has 1 aliphatic carbocycles. The third-order valence-electron chi connectivity index (χ3n) is 1.95. The zero-order valence-corrected chi connectivity index (χ0v) is 6.92. The van der Waals surface area contributed by atoms with E-state index in [2.05, 4.69) is 11.1 Å². The van der Waals surface area contributed by atoms with Crippen molar-refractivity contribution in [1.82, 2.24) is 4.98 Å². The number of pyridine rings is 1. The van der Waals surface area contributed by atoms with Gasteiger partial charge in [0.1, 0.15) is 0 Å². The maximum Gasteiger partial charge on any atom is 0.0303 e. The second-order valence-electron chi connectivity index (χ2n) is 2.79. The van der Waals surface area contributed by atoms with Gasteiger partial charge in [-0.2, -0.15) is 0 Å². The molecular formula is C8H11ClN2. The van der Waals surface area contributed by atoms with Gasteiger partial charge in [-0.3, -0.25) is 4.98 Å². The molecule has 0 saturated heterocycles. The van der Waals surface area contributed by atoms with Gasteiger partial charge in [0.25, 0.3) is 0 Å². The van der Waals surface area contributed by atoms with Crippen LogP contribution in [0.1, 0.15) is 17.9 Å². The second kappa shape index (κ2) is 3.20. The molecule has 2 rings (SSSR count). The van der Waals surface area contributed by atoms with E-state index in [9.17, 15) is 0 Å². The van der Waals surface area contributed by atoms with E-state index in [0.29, 0.717) is 12.0 Å². The molecule has 0 aliphatic heterocycles. The summed E-state index contributed by atoms with van der Waals surface area (Å²) in [4.78, 5) is 4.02. The van der Waals surface area contributed by atoms with Gasteiger partial charge < -0.3 is 5.73 Å². The molecule has 1 aromatic heterocycles. The Morgan fingerprint density at radius 3 is 2.73 bits per heavy atom. The third-order valence-corrected chi connectivity index (χ3v) is 1.95. The van der Waals surface area contributed by atoms with E-state index in [0.717, 1.165) is 6.42 Å². The van der Waals surface area contributed by atoms with Gasteiger partial charge in [0.05, 0.1) is 0 Å². The molecule has 2 nitrogen and oxygen atoms in total. The Kier molecular flexibility index (Phi) is 2.47. The normalized spacial score (nSPS) is 27.4. The van der Waals surface area contributed by atoms with Gasteiger partial charge in [0.2, 0.25) is 0 Å². The maximum atomic E-state index is 5.67. The van der Waals surface area contributed by atoms with Crippen LogP contribution in [0.5, 0.6) is 0 Å². The summed E-state index contributed by atoms with van der Waals surface area (Å²) in [5, 5.41) is 0. The van der Waals surface area contributed by atoms with Gasteiger partial charge in [0.15, 0.2) is 0 Å². The fourth-order valence-corrected chi connectivity index (χ4v) is 1.19. The molecule has 60 valence electrons. The van der Waals surface area contributed by atoms with Gasteiger partial charge >= 0.3 is 0 Å². The summed E-state index contributed by atoms with van der Waals surface area (Å²) in [6.45, 7) is 0. The summed E-state index contributed by atoms with van der Waals surface area (Å²) in [7, 11) is 0. The van der Waals surface area contributed by atoms with Crippen LogP contribution in [-0.2, 0) is 0 Å². The highest BCUT2D eigenvalue weighted by atomic mass is 35.5. The summed E-state index contributed by atoms with van der Waals surface area (Å²) in [6, 6.07) is 4.44. The molecule has 2 atom stereocenters. The Morgan fingerprint density at radius 2 is 2.27 bits per heavy atom. The highest BCUT2D eigenvalue weighted by molar-refractivity contribution is 5.85. The molecule has 1 aliphatic rings. The molecule has 0 amide bonds. The number of hydrogen-bond donors (Lipinski definition) is 1. The van der Waals surface area contributed by atoms with Crippen molar-refractivity contribution in [2.24, 2.45) is 5.73 Å². The Balaban J connectivity index is 0.000000605. The highest BCUT2D eigenvalue weighted by Gasteiger charge is 2.34. The van der Waals surface area contributed by atoms with Crippen LogP contribution in [-0.4, -0.2) is 11.0 Å². The van der Waals surface area contributed by atoms with E-state index in [1.54, 1.807) is 6.20 Å². The summed E-state index contributed by atoms with van der Waals surface area (Å²) in [5.74, 6) is 0.591. The molecule has 1 saturated carbocycles. The number of nitrogens with zero attached hydrogens (tertiary/aromatic N) is 1. The first-order valence-corrected chi connectivity index (χ1v) is 3.53. The van der Waals surface area contributed by atoms with Crippen molar-refractivity contribution in [3.63, 3.8) is 0 Å². The van der Waals surface area contributed by atoms with Crippen LogP contribution in [0.25, 0.3) is 0 Å². The van der Waals surface area contributed by atoms with E-state index < -0.39 is 0 Å². The van der Waals surface area contributed by atoms with Crippen molar-refractivity contribution >= 4 is 12.4 Å². The number of aromatic nitrogens is 1. The van der Waals surface area contributed by atoms with E-state index in [1.807, 2.05) is 12.3 Å². The molecule has 0 bridgehead atoms. The lowest BCUT2D eigenvalue weighted by Gasteiger charge is -1.93. The molecule has 1 fully saturated rings. The average molecular weight is 171 g/mol. The topological polar surface area (TPSA) is 38.9 Å². The lowest BCUT2D eigenvalue weighted by molar-refractivity contribution is 0.981. The standard InChI is InChI=1S/C8H10N2.ClH/c9-8-4-7(8)6-2-1-3-10-5-6;/h1-3,5,7-8H,4,9H2;1H/t7-,8+;/m1./s1. The predicted molar refractivity (Wildman–Crippen MR) is 46.8 cm³/mol. The van der Waals surface area contributed by atoms with E-state index in [4.69, 9.17) is 5.73 Å². The van der Waals surface area contributed by atoms with Crippen molar-refractivity contribution in [1.29, 1.82) is 0 Å². The first-order valence-electron chi connectivity index (χ1n) is 3.53. The molecular weight excluding hydrogens is 160 g/mol. The van der Waals surface area contributed by atoms with Crippen molar-refractivity contribution in [2.75, 3.05) is 0 Å². The molecule has 1 heterocycles. The van der Waals surface area contributed by atoms with E-state index >= 15 is 0 Å². The average Bonchev–Trinajstić information content (AvgIpc) is 2.69. The monoisotopic (exact) mass is 170 g/mol. The summed E-state index contributed by atoms with van der Waals surface area (Å²) in [6.07, 6.45) is 4.82. The zero-order chi connectivity index (χ0) is 6.97. The molecule has 0 radical (unpaired) electrons. The summed E-state index contributed by atoms with van der Waals surface area (Å²) in [5.41, 5.74) is 6.96. The Morgan fingerprint density at radius 1 is 1.55 bits per heavy atom. The van der Waals surface area contributed by atoms with Gasteiger partial charge in [0, 0.05) is 24.4 Å². The highest BCUT2D eigenvalue weighted by Crippen LogP contribution is 2.38. The molecule has 0 aromatic carbocycles. The molecule has 3 heteroatoms. The molecule has 1 aromatic rings. The van der Waals surface area contributed by atoms with Gasteiger partial charge in [-0.25, -0.2) is 0 Å². The minimum Gasteiger partial charge on any atom is -0.327 e. The first kappa shape index (κ1) is 8.50. The smallest absolute Gasteiger partial charge is 0.0303 e. The number of rotatable bonds is 1. The van der Waals surface area contributed by atoms with Crippen molar-refractivity contribution < 1.29 is 0 Å². The van der Waals surface area contributed by atoms with Crippen LogP contribution >= 0.6 is 12.4 Å². The number of nitrogens with two attached hydrogens (primary N) is 1. The van der Waals surface area contributed by atoms with Crippen LogP contribution in [0.2, 0.25) is 0 Å². The minimum absolute atomic E-state index is 0. The van der Waals surface area contributed by atoms with Gasteiger partial charge in [-0.05, 0) is 18.1 Å². The maximum absolute atomic E-state index is 5.67. The predicted octanol–water partition coefficient (Wildman–Crippen LogP) is 1.32. The second-order valence-corrected chi connectivity index (χ2v) is 2.79. The fraction of sp³-hybridized carbons (Fsp3) is 0.375. The molecule has 0 unspecified atom stereocenters. The Labute approximate surface area is 72.2 Å². The third kappa shape index (κ3) is 1.70. The zero-order valence-electron chi connectivity index (χ0n) is 6.10. The van der Waals surface area contributed by atoms with Crippen LogP contribution in [0.15, 0.2) is 24.5 Å². The van der Waals surface area contributed by atoms with Gasteiger partial charge in [-0.1, -0.05) is 6.07 Å². The quantitative estimate of drug-likeness (QED) is 0.691. The number of hydrogen-bond acceptors (Lipinski definition) is 2. The first-order chi connectivity index (χ1) is 4.88. The van der Waals surface area contributed by atoms with E-state index in [-0.39, 0.29) is 12.4 Å². The van der Waals surface area contributed by atoms with Crippen molar-refractivity contribution in [3.05, 3.63) is 30.1 Å². The van der Waals surface area contributed by atoms with Crippen LogP contribution in [0.4, 0.5) is 0 Å². The summed E-state index contributed by atoms with van der Waals surface area (Å²) < 4.78 is 0. The van der Waals surface area contributed by atoms with Gasteiger partial charge in [-0.15, -0.1) is 12.4 Å². The van der Waals surface area contributed by atoms with Crippen LogP contribution < -0.4 is 5.73 Å². The lowest BCUT2D eigenvalue weighted by Crippen LogP contribution is -2.00. The Bertz CT molecular complexity index is 225. The number of halogens is 1. The Hall–Kier alpha value is -0.600. The van der Waals surface area contributed by atoms with Crippen molar-refractivity contribution in [2.45, 2.75) is 18.4 Å². The minimum atomic E-state index is 0.